The highest BCUT2D eigenvalue weighted by Crippen LogP contribution is 2.12. The molecule has 0 radical (unpaired) electrons. The van der Waals surface area contributed by atoms with E-state index < -0.39 is 0 Å². The smallest absolute Gasteiger partial charge is 0.0319 e. The van der Waals surface area contributed by atoms with Gasteiger partial charge in [-0.3, -0.25) is 0 Å². The number of aryl methyl sites for hydroxylation is 2. The first-order valence-corrected chi connectivity index (χ1v) is 4.14. The number of anilines is 1. The van der Waals surface area contributed by atoms with Crippen molar-refractivity contribution >= 4 is 18.1 Å². The molecule has 0 saturated heterocycles. The van der Waals surface area contributed by atoms with E-state index in [2.05, 4.69) is 19.9 Å². The minimum Gasteiger partial charge on any atom is -0.399 e. The van der Waals surface area contributed by atoms with Crippen LogP contribution in [0.15, 0.2) is 18.2 Å². The van der Waals surface area contributed by atoms with Crippen molar-refractivity contribution in [3.63, 3.8) is 0 Å². The summed E-state index contributed by atoms with van der Waals surface area (Å²) in [6, 6.07) is 6.30. The van der Waals surface area contributed by atoms with Crippen LogP contribution in [0.25, 0.3) is 0 Å². The first kappa shape index (κ1) is 11.3. The molecule has 0 aliphatic rings. The zero-order chi connectivity index (χ0) is 8.27. The Hall–Kier alpha value is -0.690. The summed E-state index contributed by atoms with van der Waals surface area (Å²) < 4.78 is 0. The van der Waals surface area contributed by atoms with Crippen LogP contribution in [0.1, 0.15) is 25.0 Å². The van der Waals surface area contributed by atoms with E-state index in [0.717, 1.165) is 18.5 Å². The molecule has 0 bridgehead atoms. The summed E-state index contributed by atoms with van der Waals surface area (Å²) in [5, 5.41) is 0. The maximum absolute atomic E-state index is 5.71. The molecule has 0 aliphatic heterocycles. The van der Waals surface area contributed by atoms with Gasteiger partial charge in [0.25, 0.3) is 0 Å². The minimum absolute atomic E-state index is 0. The Morgan fingerprint density at radius 2 is 1.42 bits per heavy atom. The number of hydrogen-bond acceptors (Lipinski definition) is 1. The largest absolute Gasteiger partial charge is 0.399 e. The van der Waals surface area contributed by atoms with Crippen LogP contribution in [-0.4, -0.2) is 0 Å². The highest BCUT2D eigenvalue weighted by molar-refractivity contribution is 5.85. The summed E-state index contributed by atoms with van der Waals surface area (Å²) in [6.07, 6.45) is 2.13. The lowest BCUT2D eigenvalue weighted by Crippen LogP contribution is -1.91. The molecule has 1 nitrogen and oxygen atoms in total. The van der Waals surface area contributed by atoms with Crippen LogP contribution < -0.4 is 5.73 Å². The number of nitrogens with two attached hydrogens (primary N) is 1. The quantitative estimate of drug-likeness (QED) is 0.705. The molecule has 12 heavy (non-hydrogen) atoms. The van der Waals surface area contributed by atoms with E-state index >= 15 is 0 Å². The lowest BCUT2D eigenvalue weighted by Gasteiger charge is -2.02. The third-order valence-corrected chi connectivity index (χ3v) is 1.89. The van der Waals surface area contributed by atoms with E-state index in [0.29, 0.717) is 0 Å². The highest BCUT2D eigenvalue weighted by Gasteiger charge is 1.94. The molecule has 0 unspecified atom stereocenters. The number of halogens is 1. The van der Waals surface area contributed by atoms with Crippen molar-refractivity contribution in [3.8, 4) is 0 Å². The summed E-state index contributed by atoms with van der Waals surface area (Å²) in [5.74, 6) is 0. The highest BCUT2D eigenvalue weighted by atomic mass is 35.5. The number of hydrogen-bond donors (Lipinski definition) is 1. The maximum Gasteiger partial charge on any atom is 0.0319 e. The number of nitrogen functional groups attached to an aromatic ring is 1. The molecule has 1 aromatic rings. The second kappa shape index (κ2) is 5.04. The molecule has 0 atom stereocenters. The minimum atomic E-state index is 0. The summed E-state index contributed by atoms with van der Waals surface area (Å²) in [4.78, 5) is 0. The van der Waals surface area contributed by atoms with Crippen molar-refractivity contribution in [1.82, 2.24) is 0 Å². The van der Waals surface area contributed by atoms with E-state index in [1.807, 2.05) is 12.1 Å². The van der Waals surface area contributed by atoms with Crippen LogP contribution in [0.4, 0.5) is 5.69 Å². The van der Waals surface area contributed by atoms with E-state index in [1.165, 1.54) is 11.1 Å². The molecule has 1 rings (SSSR count). The summed E-state index contributed by atoms with van der Waals surface area (Å²) in [6.45, 7) is 4.29. The Kier molecular flexibility index (Phi) is 4.75. The Labute approximate surface area is 80.4 Å². The van der Waals surface area contributed by atoms with Gasteiger partial charge in [-0.15, -0.1) is 12.4 Å². The lowest BCUT2D eigenvalue weighted by atomic mass is 10.1. The van der Waals surface area contributed by atoms with Crippen LogP contribution in [0.2, 0.25) is 0 Å². The van der Waals surface area contributed by atoms with Crippen LogP contribution in [0.5, 0.6) is 0 Å². The van der Waals surface area contributed by atoms with Gasteiger partial charge in [-0.25, -0.2) is 0 Å². The van der Waals surface area contributed by atoms with Crippen molar-refractivity contribution in [2.75, 3.05) is 5.73 Å². The number of benzene rings is 1. The molecule has 0 heterocycles. The molecule has 0 aliphatic carbocycles. The van der Waals surface area contributed by atoms with E-state index in [4.69, 9.17) is 5.73 Å². The van der Waals surface area contributed by atoms with Gasteiger partial charge in [0.2, 0.25) is 0 Å². The van der Waals surface area contributed by atoms with Crippen molar-refractivity contribution in [1.29, 1.82) is 0 Å². The molecule has 2 N–H and O–H groups in total. The van der Waals surface area contributed by atoms with E-state index in [-0.39, 0.29) is 12.4 Å². The first-order valence-electron chi connectivity index (χ1n) is 4.14. The van der Waals surface area contributed by atoms with Crippen molar-refractivity contribution in [2.24, 2.45) is 0 Å². The molecule has 2 heteroatoms. The van der Waals surface area contributed by atoms with Gasteiger partial charge in [-0.2, -0.15) is 0 Å². The molecule has 1 aromatic carbocycles. The maximum atomic E-state index is 5.71. The lowest BCUT2D eigenvalue weighted by molar-refractivity contribution is 1.09. The van der Waals surface area contributed by atoms with Gasteiger partial charge >= 0.3 is 0 Å². The van der Waals surface area contributed by atoms with Gasteiger partial charge in [0.1, 0.15) is 0 Å². The third kappa shape index (κ3) is 2.74. The molecule has 68 valence electrons. The van der Waals surface area contributed by atoms with E-state index in [9.17, 15) is 0 Å². The second-order valence-electron chi connectivity index (χ2n) is 2.79. The van der Waals surface area contributed by atoms with Crippen LogP contribution in [0.3, 0.4) is 0 Å². The predicted molar refractivity (Wildman–Crippen MR) is 56.9 cm³/mol. The summed E-state index contributed by atoms with van der Waals surface area (Å²) >= 11 is 0. The SMILES string of the molecule is CCc1cc(N)cc(CC)c1.Cl. The van der Waals surface area contributed by atoms with E-state index in [1.54, 1.807) is 0 Å². The van der Waals surface area contributed by atoms with Gasteiger partial charge in [-0.05, 0) is 36.1 Å². The monoisotopic (exact) mass is 185 g/mol. The Morgan fingerprint density at radius 3 is 1.75 bits per heavy atom. The summed E-state index contributed by atoms with van der Waals surface area (Å²) in [7, 11) is 0. The van der Waals surface area contributed by atoms with Crippen molar-refractivity contribution in [3.05, 3.63) is 29.3 Å². The third-order valence-electron chi connectivity index (χ3n) is 1.89. The molecule has 0 fully saturated rings. The second-order valence-corrected chi connectivity index (χ2v) is 2.79. The standard InChI is InChI=1S/C10H15N.ClH/c1-3-8-5-9(4-2)7-10(11)6-8;/h5-7H,3-4,11H2,1-2H3;1H. The van der Waals surface area contributed by atoms with Crippen LogP contribution >= 0.6 is 12.4 Å². The molecule has 0 saturated carbocycles. The van der Waals surface area contributed by atoms with Crippen LogP contribution in [0, 0.1) is 0 Å². The predicted octanol–water partition coefficient (Wildman–Crippen LogP) is 2.82. The van der Waals surface area contributed by atoms with Gasteiger partial charge in [0, 0.05) is 5.69 Å². The zero-order valence-electron chi connectivity index (χ0n) is 7.63. The number of rotatable bonds is 2. The Morgan fingerprint density at radius 1 is 1.00 bits per heavy atom. The Bertz CT molecular complexity index is 223. The van der Waals surface area contributed by atoms with Crippen molar-refractivity contribution < 1.29 is 0 Å². The van der Waals surface area contributed by atoms with Crippen LogP contribution in [-0.2, 0) is 12.8 Å². The average Bonchev–Trinajstić information content (AvgIpc) is 2.03. The van der Waals surface area contributed by atoms with Gasteiger partial charge < -0.3 is 5.73 Å². The fourth-order valence-electron chi connectivity index (χ4n) is 1.20. The molecular formula is C10H16ClN. The van der Waals surface area contributed by atoms with Gasteiger partial charge in [0.15, 0.2) is 0 Å². The molecule has 0 amide bonds. The van der Waals surface area contributed by atoms with Gasteiger partial charge in [0.05, 0.1) is 0 Å². The molecule has 0 aromatic heterocycles. The van der Waals surface area contributed by atoms with Crippen molar-refractivity contribution in [2.45, 2.75) is 26.7 Å². The van der Waals surface area contributed by atoms with Gasteiger partial charge in [-0.1, -0.05) is 19.9 Å². The zero-order valence-corrected chi connectivity index (χ0v) is 8.45. The molecule has 0 spiro atoms. The Balaban J connectivity index is 0.00000121. The summed E-state index contributed by atoms with van der Waals surface area (Å²) in [5.41, 5.74) is 9.27. The molecular weight excluding hydrogens is 170 g/mol. The topological polar surface area (TPSA) is 26.0 Å². The first-order chi connectivity index (χ1) is 5.26. The fourth-order valence-corrected chi connectivity index (χ4v) is 1.20. The average molecular weight is 186 g/mol. The fraction of sp³-hybridized carbons (Fsp3) is 0.400. The normalized spacial score (nSPS) is 9.17.